The van der Waals surface area contributed by atoms with Crippen LogP contribution in [0, 0.1) is 5.82 Å². The number of thiophene rings is 1. The first-order valence-electron chi connectivity index (χ1n) is 9.77. The summed E-state index contributed by atoms with van der Waals surface area (Å²) in [5.41, 5.74) is 0.507. The summed E-state index contributed by atoms with van der Waals surface area (Å²) in [5.74, 6) is -0.781. The fourth-order valence-electron chi connectivity index (χ4n) is 3.25. The molecule has 2 heterocycles. The lowest BCUT2D eigenvalue weighted by Crippen LogP contribution is -2.34. The van der Waals surface area contributed by atoms with Crippen molar-refractivity contribution in [1.29, 1.82) is 0 Å². The van der Waals surface area contributed by atoms with E-state index >= 15 is 0 Å². The minimum atomic E-state index is -4.13. The second kappa shape index (κ2) is 9.09. The molecule has 8 nitrogen and oxygen atoms in total. The number of benzene rings is 2. The zero-order chi connectivity index (χ0) is 24.6. The minimum absolute atomic E-state index is 0.00243. The molecule has 4 rings (SSSR count). The third-order valence-electron chi connectivity index (χ3n) is 4.91. The standard InChI is InChI=1S/C22H18ClFN4O4S2/c1-27(2)15-4-5-16-13(11-15)9-10-28(21(16)29)18-6-3-14(12-17(18)24)25-22(30)26-34(31,32)20-8-7-19(23)33-20/h3-12H,1-2H3,(H2,25,26,30). The first kappa shape index (κ1) is 23.7. The van der Waals surface area contributed by atoms with Crippen molar-refractivity contribution in [2.45, 2.75) is 4.21 Å². The Bertz CT molecular complexity index is 1580. The fraction of sp³-hybridized carbons (Fsp3) is 0.0909. The number of carbonyl (C=O) groups is 1. The Morgan fingerprint density at radius 3 is 2.50 bits per heavy atom. The monoisotopic (exact) mass is 520 g/mol. The summed E-state index contributed by atoms with van der Waals surface area (Å²) in [6.07, 6.45) is 1.47. The van der Waals surface area contributed by atoms with Crippen LogP contribution in [0.2, 0.25) is 4.34 Å². The molecule has 2 N–H and O–H groups in total. The van der Waals surface area contributed by atoms with Crippen LogP contribution in [0.15, 0.2) is 69.8 Å². The number of fused-ring (bicyclic) bond motifs is 1. The Labute approximate surface area is 203 Å². The van der Waals surface area contributed by atoms with Crippen LogP contribution < -0.4 is 20.5 Å². The molecule has 176 valence electrons. The van der Waals surface area contributed by atoms with Crippen LogP contribution in [0.25, 0.3) is 16.5 Å². The quantitative estimate of drug-likeness (QED) is 0.406. The van der Waals surface area contributed by atoms with Crippen molar-refractivity contribution in [2.75, 3.05) is 24.3 Å². The molecular formula is C22H18ClFN4O4S2. The summed E-state index contributed by atoms with van der Waals surface area (Å²) in [5, 5.41) is 3.41. The zero-order valence-corrected chi connectivity index (χ0v) is 20.3. The number of urea groups is 1. The van der Waals surface area contributed by atoms with Crippen LogP contribution in [0.4, 0.5) is 20.6 Å². The minimum Gasteiger partial charge on any atom is -0.378 e. The summed E-state index contributed by atoms with van der Waals surface area (Å²) in [7, 11) is -0.346. The van der Waals surface area contributed by atoms with E-state index in [-0.39, 0.29) is 19.9 Å². The van der Waals surface area contributed by atoms with Crippen molar-refractivity contribution in [1.82, 2.24) is 9.29 Å². The second-order valence-electron chi connectivity index (χ2n) is 7.44. The van der Waals surface area contributed by atoms with Gasteiger partial charge in [0.1, 0.15) is 10.0 Å². The summed E-state index contributed by atoms with van der Waals surface area (Å²) in [4.78, 5) is 27.0. The lowest BCUT2D eigenvalue weighted by Gasteiger charge is -2.14. The smallest absolute Gasteiger partial charge is 0.333 e. The Morgan fingerprint density at radius 1 is 1.09 bits per heavy atom. The molecular weight excluding hydrogens is 503 g/mol. The average Bonchev–Trinajstić information content (AvgIpc) is 3.21. The normalized spacial score (nSPS) is 11.4. The van der Waals surface area contributed by atoms with Crippen molar-refractivity contribution in [3.63, 3.8) is 0 Å². The van der Waals surface area contributed by atoms with E-state index in [1.807, 2.05) is 29.8 Å². The maximum Gasteiger partial charge on any atom is 0.333 e. The fourth-order valence-corrected chi connectivity index (χ4v) is 5.64. The van der Waals surface area contributed by atoms with Gasteiger partial charge in [0.05, 0.1) is 10.0 Å². The van der Waals surface area contributed by atoms with E-state index in [2.05, 4.69) is 5.32 Å². The van der Waals surface area contributed by atoms with Crippen LogP contribution in [0.5, 0.6) is 0 Å². The van der Waals surface area contributed by atoms with Gasteiger partial charge in [0, 0.05) is 37.1 Å². The Morgan fingerprint density at radius 2 is 1.85 bits per heavy atom. The van der Waals surface area contributed by atoms with Gasteiger partial charge in [-0.05, 0) is 60.0 Å². The summed E-state index contributed by atoms with van der Waals surface area (Å²) < 4.78 is 42.4. The van der Waals surface area contributed by atoms with E-state index in [4.69, 9.17) is 11.6 Å². The van der Waals surface area contributed by atoms with Crippen molar-refractivity contribution >= 4 is 61.1 Å². The molecule has 0 fully saturated rings. The van der Waals surface area contributed by atoms with E-state index in [0.717, 1.165) is 28.5 Å². The molecule has 2 aromatic heterocycles. The lowest BCUT2D eigenvalue weighted by molar-refractivity contribution is 0.256. The summed E-state index contributed by atoms with van der Waals surface area (Å²) >= 11 is 6.53. The highest BCUT2D eigenvalue weighted by Crippen LogP contribution is 2.25. The molecule has 0 unspecified atom stereocenters. The lowest BCUT2D eigenvalue weighted by atomic mass is 10.1. The van der Waals surface area contributed by atoms with Crippen LogP contribution >= 0.6 is 22.9 Å². The van der Waals surface area contributed by atoms with Gasteiger partial charge in [-0.2, -0.15) is 0 Å². The molecule has 0 radical (unpaired) electrons. The van der Waals surface area contributed by atoms with Crippen molar-refractivity contribution in [3.8, 4) is 5.69 Å². The second-order valence-corrected chi connectivity index (χ2v) is 11.1. The topological polar surface area (TPSA) is 101 Å². The molecule has 0 bridgehead atoms. The molecule has 2 amide bonds. The summed E-state index contributed by atoms with van der Waals surface area (Å²) in [6.45, 7) is 0. The maximum absolute atomic E-state index is 14.9. The maximum atomic E-state index is 14.9. The molecule has 34 heavy (non-hydrogen) atoms. The summed E-state index contributed by atoms with van der Waals surface area (Å²) in [6, 6.07) is 12.3. The number of nitrogens with one attached hydrogen (secondary N) is 2. The first-order chi connectivity index (χ1) is 16.0. The molecule has 0 aliphatic rings. The largest absolute Gasteiger partial charge is 0.378 e. The first-order valence-corrected chi connectivity index (χ1v) is 12.4. The highest BCUT2D eigenvalue weighted by atomic mass is 35.5. The number of hydrogen-bond acceptors (Lipinski definition) is 6. The molecule has 0 spiro atoms. The van der Waals surface area contributed by atoms with E-state index in [1.54, 1.807) is 18.2 Å². The highest BCUT2D eigenvalue weighted by molar-refractivity contribution is 7.92. The molecule has 0 atom stereocenters. The predicted molar refractivity (Wildman–Crippen MR) is 132 cm³/mol. The van der Waals surface area contributed by atoms with Gasteiger partial charge in [-0.1, -0.05) is 11.6 Å². The van der Waals surface area contributed by atoms with Gasteiger partial charge in [-0.3, -0.25) is 9.36 Å². The third-order valence-corrected chi connectivity index (χ3v) is 7.96. The number of hydrogen-bond donors (Lipinski definition) is 2. The van der Waals surface area contributed by atoms with Crippen LogP contribution in [0.1, 0.15) is 0 Å². The number of rotatable bonds is 5. The molecule has 0 saturated carbocycles. The number of pyridine rings is 1. The Hall–Kier alpha value is -3.41. The molecule has 0 aliphatic heterocycles. The predicted octanol–water partition coefficient (Wildman–Crippen LogP) is 4.42. The van der Waals surface area contributed by atoms with Crippen LogP contribution in [-0.4, -0.2) is 33.1 Å². The SMILES string of the molecule is CN(C)c1ccc2c(=O)n(-c3ccc(NC(=O)NS(=O)(=O)c4ccc(Cl)s4)cc3F)ccc2c1. The van der Waals surface area contributed by atoms with Gasteiger partial charge in [0.2, 0.25) is 0 Å². The van der Waals surface area contributed by atoms with Crippen molar-refractivity contribution in [3.05, 3.63) is 81.3 Å². The van der Waals surface area contributed by atoms with Gasteiger partial charge in [0.25, 0.3) is 15.6 Å². The van der Waals surface area contributed by atoms with E-state index in [1.165, 1.54) is 35.0 Å². The number of amides is 2. The molecule has 12 heteroatoms. The van der Waals surface area contributed by atoms with Gasteiger partial charge < -0.3 is 10.2 Å². The number of halogens is 2. The Kier molecular flexibility index (Phi) is 6.34. The number of nitrogens with zero attached hydrogens (tertiary/aromatic N) is 2. The number of anilines is 2. The van der Waals surface area contributed by atoms with Gasteiger partial charge in [0.15, 0.2) is 0 Å². The van der Waals surface area contributed by atoms with Crippen LogP contribution in [-0.2, 0) is 10.0 Å². The van der Waals surface area contributed by atoms with E-state index < -0.39 is 27.4 Å². The van der Waals surface area contributed by atoms with Gasteiger partial charge in [-0.25, -0.2) is 22.3 Å². The molecule has 2 aromatic carbocycles. The van der Waals surface area contributed by atoms with Crippen LogP contribution in [0.3, 0.4) is 0 Å². The van der Waals surface area contributed by atoms with Crippen molar-refractivity contribution in [2.24, 2.45) is 0 Å². The number of carbonyl (C=O) groups excluding carboxylic acids is 1. The third kappa shape index (κ3) is 4.76. The molecule has 4 aromatic rings. The number of sulfonamides is 1. The Balaban J connectivity index is 1.57. The zero-order valence-electron chi connectivity index (χ0n) is 17.9. The number of aromatic nitrogens is 1. The molecule has 0 saturated heterocycles. The van der Waals surface area contributed by atoms with Crippen molar-refractivity contribution < 1.29 is 17.6 Å². The van der Waals surface area contributed by atoms with Gasteiger partial charge >= 0.3 is 6.03 Å². The molecule has 0 aliphatic carbocycles. The average molecular weight is 521 g/mol. The van der Waals surface area contributed by atoms with E-state index in [0.29, 0.717) is 5.39 Å². The van der Waals surface area contributed by atoms with Gasteiger partial charge in [-0.15, -0.1) is 11.3 Å². The van der Waals surface area contributed by atoms with E-state index in [9.17, 15) is 22.4 Å². The highest BCUT2D eigenvalue weighted by Gasteiger charge is 2.20.